The first kappa shape index (κ1) is 13.0. The first-order valence-corrected chi connectivity index (χ1v) is 6.45. The van der Waals surface area contributed by atoms with Crippen molar-refractivity contribution in [3.63, 3.8) is 0 Å². The van der Waals surface area contributed by atoms with Crippen LogP contribution in [-0.2, 0) is 0 Å². The fourth-order valence-corrected chi connectivity index (χ4v) is 1.78. The van der Waals surface area contributed by atoms with Crippen molar-refractivity contribution in [1.82, 2.24) is 15.6 Å². The van der Waals surface area contributed by atoms with Gasteiger partial charge in [-0.25, -0.2) is 5.43 Å². The average molecular weight is 376 g/mol. The topological polar surface area (TPSA) is 83.3 Å². The van der Waals surface area contributed by atoms with Gasteiger partial charge >= 0.3 is 0 Å². The molecule has 8 heteroatoms. The number of hydrazone groups is 1. The van der Waals surface area contributed by atoms with E-state index in [-0.39, 0.29) is 11.6 Å². The second kappa shape index (κ2) is 5.49. The predicted molar refractivity (Wildman–Crippen MR) is 72.5 cm³/mol. The molecular weight excluding hydrogens is 368 g/mol. The van der Waals surface area contributed by atoms with E-state index in [0.717, 1.165) is 10.2 Å². The molecule has 0 bridgehead atoms. The molecule has 0 aliphatic carbocycles. The van der Waals surface area contributed by atoms with Gasteiger partial charge in [-0.1, -0.05) is 0 Å². The van der Waals surface area contributed by atoms with Crippen LogP contribution in [0.2, 0.25) is 0 Å². The molecule has 0 atom stereocenters. The lowest BCUT2D eigenvalue weighted by atomic mass is 10.4. The highest BCUT2D eigenvalue weighted by Crippen LogP contribution is 2.25. The zero-order chi connectivity index (χ0) is 13.1. The Kier molecular flexibility index (Phi) is 3.97. The van der Waals surface area contributed by atoms with E-state index in [1.807, 2.05) is 6.92 Å². The fourth-order valence-electron chi connectivity index (χ4n) is 1.17. The van der Waals surface area contributed by atoms with Crippen molar-refractivity contribution in [2.45, 2.75) is 6.92 Å². The molecule has 94 valence electrons. The molecule has 1 amide bonds. The Bertz CT molecular complexity index is 583. The van der Waals surface area contributed by atoms with E-state index in [9.17, 15) is 4.79 Å². The lowest BCUT2D eigenvalue weighted by Crippen LogP contribution is -2.17. The van der Waals surface area contributed by atoms with E-state index >= 15 is 0 Å². The van der Waals surface area contributed by atoms with E-state index in [2.05, 4.69) is 52.6 Å². The quantitative estimate of drug-likeness (QED) is 0.638. The van der Waals surface area contributed by atoms with Crippen LogP contribution in [0.15, 0.2) is 30.8 Å². The van der Waals surface area contributed by atoms with Crippen molar-refractivity contribution < 1.29 is 9.21 Å². The van der Waals surface area contributed by atoms with Crippen molar-refractivity contribution >= 4 is 44.0 Å². The largest absolute Gasteiger partial charge is 0.447 e. The molecule has 0 aliphatic rings. The van der Waals surface area contributed by atoms with Crippen LogP contribution in [0, 0.1) is 6.92 Å². The minimum Gasteiger partial charge on any atom is -0.447 e. The highest BCUT2D eigenvalue weighted by molar-refractivity contribution is 9.13. The monoisotopic (exact) mass is 374 g/mol. The summed E-state index contributed by atoms with van der Waals surface area (Å²) < 4.78 is 6.60. The van der Waals surface area contributed by atoms with Crippen LogP contribution < -0.4 is 5.43 Å². The molecule has 0 aromatic carbocycles. The first-order chi connectivity index (χ1) is 8.56. The van der Waals surface area contributed by atoms with E-state index in [4.69, 9.17) is 4.42 Å². The summed E-state index contributed by atoms with van der Waals surface area (Å²) in [4.78, 5) is 11.6. The Morgan fingerprint density at radius 1 is 1.56 bits per heavy atom. The number of aromatic amines is 1. The Balaban J connectivity index is 1.97. The van der Waals surface area contributed by atoms with Crippen molar-refractivity contribution in [3.8, 4) is 0 Å². The number of nitrogens with one attached hydrogen (secondary N) is 2. The van der Waals surface area contributed by atoms with Crippen LogP contribution in [0.4, 0.5) is 0 Å². The third kappa shape index (κ3) is 3.08. The Morgan fingerprint density at radius 2 is 2.33 bits per heavy atom. The van der Waals surface area contributed by atoms with Gasteiger partial charge in [0.25, 0.3) is 5.91 Å². The van der Waals surface area contributed by atoms with Crippen LogP contribution in [-0.4, -0.2) is 22.3 Å². The van der Waals surface area contributed by atoms with Crippen LogP contribution in [0.5, 0.6) is 0 Å². The zero-order valence-corrected chi connectivity index (χ0v) is 12.4. The second-order valence-electron chi connectivity index (χ2n) is 3.41. The summed E-state index contributed by atoms with van der Waals surface area (Å²) in [5.74, 6) is 0.118. The number of carbonyl (C=O) groups excluding carboxylic acids is 1. The minimum absolute atomic E-state index is 0.284. The molecule has 18 heavy (non-hydrogen) atoms. The van der Waals surface area contributed by atoms with Gasteiger partial charge in [-0.2, -0.15) is 10.2 Å². The predicted octanol–water partition coefficient (Wildman–Crippen LogP) is 2.60. The van der Waals surface area contributed by atoms with E-state index < -0.39 is 0 Å². The molecule has 0 spiro atoms. The molecule has 0 fully saturated rings. The van der Waals surface area contributed by atoms with Gasteiger partial charge in [0, 0.05) is 11.8 Å². The number of nitrogens with zero attached hydrogens (tertiary/aromatic N) is 2. The molecule has 0 unspecified atom stereocenters. The summed E-state index contributed by atoms with van der Waals surface area (Å²) in [6, 6.07) is 3.35. The number of carbonyl (C=O) groups is 1. The van der Waals surface area contributed by atoms with E-state index in [1.165, 1.54) is 6.21 Å². The molecule has 0 aliphatic heterocycles. The summed E-state index contributed by atoms with van der Waals surface area (Å²) in [7, 11) is 0. The second-order valence-corrected chi connectivity index (χ2v) is 4.98. The number of aryl methyl sites for hydroxylation is 1. The van der Waals surface area contributed by atoms with Crippen molar-refractivity contribution in [2.24, 2.45) is 5.10 Å². The van der Waals surface area contributed by atoms with Gasteiger partial charge in [-0.05, 0) is 44.8 Å². The molecule has 0 saturated carbocycles. The Labute approximate surface area is 119 Å². The van der Waals surface area contributed by atoms with Crippen molar-refractivity contribution in [3.05, 3.63) is 38.4 Å². The van der Waals surface area contributed by atoms with E-state index in [0.29, 0.717) is 10.4 Å². The fraction of sp³-hybridized carbons (Fsp3) is 0.100. The molecule has 2 aromatic heterocycles. The SMILES string of the molecule is Cc1cc(C(=O)N/N=C/c2cc(Br)c(Br)o2)n[nH]1. The molecule has 2 rings (SSSR count). The van der Waals surface area contributed by atoms with Crippen LogP contribution in [0.1, 0.15) is 21.9 Å². The molecule has 2 N–H and O–H groups in total. The molecule has 2 heterocycles. The molecule has 0 saturated heterocycles. The van der Waals surface area contributed by atoms with E-state index in [1.54, 1.807) is 12.1 Å². The molecule has 2 aromatic rings. The van der Waals surface area contributed by atoms with Crippen molar-refractivity contribution in [1.29, 1.82) is 0 Å². The first-order valence-electron chi connectivity index (χ1n) is 4.86. The number of rotatable bonds is 3. The molecular formula is C10H8Br2N4O2. The van der Waals surface area contributed by atoms with Gasteiger partial charge in [0.1, 0.15) is 5.76 Å². The summed E-state index contributed by atoms with van der Waals surface area (Å²) in [5.41, 5.74) is 3.44. The van der Waals surface area contributed by atoms with Crippen molar-refractivity contribution in [2.75, 3.05) is 0 Å². The van der Waals surface area contributed by atoms with Gasteiger partial charge in [-0.15, -0.1) is 0 Å². The van der Waals surface area contributed by atoms with Crippen LogP contribution in [0.3, 0.4) is 0 Å². The minimum atomic E-state index is -0.389. The number of hydrogen-bond acceptors (Lipinski definition) is 4. The molecule has 6 nitrogen and oxygen atoms in total. The van der Waals surface area contributed by atoms with Crippen LogP contribution in [0.25, 0.3) is 0 Å². The lowest BCUT2D eigenvalue weighted by Gasteiger charge is -1.92. The standard InChI is InChI=1S/C10H8Br2N4O2/c1-5-2-8(15-14-5)10(17)16-13-4-6-3-7(11)9(12)18-6/h2-4H,1H3,(H,14,15)(H,16,17)/b13-4+. The number of amides is 1. The zero-order valence-electron chi connectivity index (χ0n) is 9.20. The van der Waals surface area contributed by atoms with Gasteiger partial charge in [0.2, 0.25) is 0 Å². The van der Waals surface area contributed by atoms with Gasteiger partial charge in [0.05, 0.1) is 10.7 Å². The number of H-pyrrole nitrogens is 1. The van der Waals surface area contributed by atoms with Gasteiger partial charge < -0.3 is 4.42 Å². The van der Waals surface area contributed by atoms with Gasteiger partial charge in [0.15, 0.2) is 10.4 Å². The Hall–Kier alpha value is -1.41. The normalized spacial score (nSPS) is 11.1. The maximum atomic E-state index is 11.6. The highest BCUT2D eigenvalue weighted by Gasteiger charge is 2.08. The van der Waals surface area contributed by atoms with Gasteiger partial charge in [-0.3, -0.25) is 9.89 Å². The average Bonchev–Trinajstić information content (AvgIpc) is 2.87. The number of hydrogen-bond donors (Lipinski definition) is 2. The third-order valence-electron chi connectivity index (χ3n) is 1.96. The number of aromatic nitrogens is 2. The number of furan rings is 1. The lowest BCUT2D eigenvalue weighted by molar-refractivity contribution is 0.0950. The number of halogens is 2. The van der Waals surface area contributed by atoms with Crippen LogP contribution >= 0.6 is 31.9 Å². The summed E-state index contributed by atoms with van der Waals surface area (Å²) in [6.07, 6.45) is 1.40. The maximum absolute atomic E-state index is 11.6. The smallest absolute Gasteiger partial charge is 0.291 e. The molecule has 0 radical (unpaired) electrons. The maximum Gasteiger partial charge on any atom is 0.291 e. The highest BCUT2D eigenvalue weighted by atomic mass is 79.9. The summed E-state index contributed by atoms with van der Waals surface area (Å²) in [6.45, 7) is 1.81. The Morgan fingerprint density at radius 3 is 2.89 bits per heavy atom. The summed E-state index contributed by atoms with van der Waals surface area (Å²) >= 11 is 6.47. The third-order valence-corrected chi connectivity index (χ3v) is 3.67. The summed E-state index contributed by atoms with van der Waals surface area (Å²) in [5, 5.41) is 10.3.